The molecule has 7 heteroatoms. The van der Waals surface area contributed by atoms with Crippen LogP contribution in [0.5, 0.6) is 0 Å². The molecule has 0 aromatic heterocycles. The molecule has 0 aliphatic carbocycles. The quantitative estimate of drug-likeness (QED) is 0.134. The van der Waals surface area contributed by atoms with Gasteiger partial charge in [0.05, 0.1) is 19.8 Å². The maximum absolute atomic E-state index is 9.35. The number of hydrogen-bond donors (Lipinski definition) is 3. The van der Waals surface area contributed by atoms with Crippen molar-refractivity contribution in [2.75, 3.05) is 39.6 Å². The highest BCUT2D eigenvalue weighted by Crippen LogP contribution is 2.35. The van der Waals surface area contributed by atoms with Crippen molar-refractivity contribution in [2.45, 2.75) is 83.6 Å². The summed E-state index contributed by atoms with van der Waals surface area (Å²) in [6.07, 6.45) is 13.2. The minimum Gasteiger partial charge on any atom is -0.394 e. The molecule has 0 saturated heterocycles. The molecule has 1 aromatic rings. The van der Waals surface area contributed by atoms with Crippen LogP contribution in [0.1, 0.15) is 89.2 Å². The first-order valence-corrected chi connectivity index (χ1v) is 12.4. The molecule has 0 fully saturated rings. The molecule has 0 spiro atoms. The summed E-state index contributed by atoms with van der Waals surface area (Å²) in [5.74, 6) is 0. The lowest BCUT2D eigenvalue weighted by atomic mass is 9.99. The standard InChI is InChI=1S/C25H46NO6/c1-2-3-4-5-6-7-8-9-10-14-17-25(24-15-12-11-13-16-24)26(30-21-18-27,31-22-19-28)32-23-20-29/h11-13,15-16,25,27-29H,2-10,14,17-23H2,1H3/q+1. The second-order valence-corrected chi connectivity index (χ2v) is 8.11. The van der Waals surface area contributed by atoms with Gasteiger partial charge in [-0.2, -0.15) is 0 Å². The highest BCUT2D eigenvalue weighted by atomic mass is 17.2. The number of hydroxylamine groups is 3. The summed E-state index contributed by atoms with van der Waals surface area (Å²) in [6, 6.07) is 9.56. The Hall–Kier alpha value is -1.06. The van der Waals surface area contributed by atoms with Crippen molar-refractivity contribution in [1.29, 1.82) is 0 Å². The van der Waals surface area contributed by atoms with Crippen LogP contribution in [0.15, 0.2) is 30.3 Å². The minimum atomic E-state index is -0.636. The minimum absolute atomic E-state index is 0.0121. The molecule has 1 rings (SSSR count). The van der Waals surface area contributed by atoms with Crippen LogP contribution in [0, 0.1) is 0 Å². The average Bonchev–Trinajstić information content (AvgIpc) is 2.83. The van der Waals surface area contributed by atoms with E-state index in [1.807, 2.05) is 30.3 Å². The molecule has 0 bridgehead atoms. The Morgan fingerprint density at radius 1 is 0.656 bits per heavy atom. The molecule has 3 N–H and O–H groups in total. The number of aliphatic hydroxyl groups excluding tert-OH is 3. The topological polar surface area (TPSA) is 88.4 Å². The van der Waals surface area contributed by atoms with E-state index in [0.29, 0.717) is 0 Å². The van der Waals surface area contributed by atoms with Gasteiger partial charge in [0.15, 0.2) is 0 Å². The molecule has 0 amide bonds. The summed E-state index contributed by atoms with van der Waals surface area (Å²) in [5, 5.41) is 28.1. The zero-order valence-corrected chi connectivity index (χ0v) is 20.0. The molecule has 32 heavy (non-hydrogen) atoms. The molecular weight excluding hydrogens is 410 g/mol. The van der Waals surface area contributed by atoms with Crippen LogP contribution in [0.25, 0.3) is 0 Å². The van der Waals surface area contributed by atoms with Gasteiger partial charge in [0.2, 0.25) is 6.04 Å². The molecular formula is C25H46NO6+. The van der Waals surface area contributed by atoms with Crippen molar-refractivity contribution in [3.63, 3.8) is 0 Å². The summed E-state index contributed by atoms with van der Waals surface area (Å²) >= 11 is 0. The van der Waals surface area contributed by atoms with Crippen LogP contribution in [0.3, 0.4) is 0 Å². The molecule has 0 heterocycles. The maximum Gasteiger partial charge on any atom is 0.212 e. The van der Waals surface area contributed by atoms with Crippen LogP contribution in [-0.4, -0.2) is 59.9 Å². The average molecular weight is 457 g/mol. The van der Waals surface area contributed by atoms with Gasteiger partial charge in [0.1, 0.15) is 24.8 Å². The van der Waals surface area contributed by atoms with Crippen molar-refractivity contribution in [3.05, 3.63) is 35.9 Å². The van der Waals surface area contributed by atoms with E-state index < -0.39 is 4.97 Å². The monoisotopic (exact) mass is 456 g/mol. The van der Waals surface area contributed by atoms with Gasteiger partial charge < -0.3 is 15.3 Å². The third kappa shape index (κ3) is 11.7. The number of aliphatic hydroxyl groups is 3. The van der Waals surface area contributed by atoms with Gasteiger partial charge in [-0.05, 0) is 6.42 Å². The fraction of sp³-hybridized carbons (Fsp3) is 0.760. The van der Waals surface area contributed by atoms with Gasteiger partial charge in [-0.3, -0.25) is 0 Å². The van der Waals surface area contributed by atoms with Gasteiger partial charge in [-0.15, -0.1) is 14.5 Å². The predicted molar refractivity (Wildman–Crippen MR) is 125 cm³/mol. The fourth-order valence-corrected chi connectivity index (χ4v) is 3.89. The van der Waals surface area contributed by atoms with E-state index in [-0.39, 0.29) is 45.7 Å². The summed E-state index contributed by atoms with van der Waals surface area (Å²) in [6.45, 7) is 1.71. The van der Waals surface area contributed by atoms with Crippen LogP contribution in [0.2, 0.25) is 0 Å². The van der Waals surface area contributed by atoms with E-state index in [2.05, 4.69) is 6.92 Å². The number of rotatable bonds is 22. The van der Waals surface area contributed by atoms with E-state index in [1.165, 1.54) is 51.4 Å². The van der Waals surface area contributed by atoms with Crippen molar-refractivity contribution in [1.82, 2.24) is 0 Å². The van der Waals surface area contributed by atoms with Gasteiger partial charge in [-0.25, -0.2) is 0 Å². The van der Waals surface area contributed by atoms with Crippen molar-refractivity contribution < 1.29 is 34.8 Å². The number of quaternary nitrogens is 1. The summed E-state index contributed by atoms with van der Waals surface area (Å²) in [4.78, 5) is 17.0. The number of nitrogens with zero attached hydrogens (tertiary/aromatic N) is 1. The zero-order valence-electron chi connectivity index (χ0n) is 20.0. The van der Waals surface area contributed by atoms with Crippen molar-refractivity contribution in [2.24, 2.45) is 0 Å². The molecule has 186 valence electrons. The number of hydrogen-bond acceptors (Lipinski definition) is 6. The number of benzene rings is 1. The van der Waals surface area contributed by atoms with Gasteiger partial charge in [0, 0.05) is 12.0 Å². The molecule has 0 aliphatic heterocycles. The first-order chi connectivity index (χ1) is 15.7. The van der Waals surface area contributed by atoms with Crippen LogP contribution in [0.4, 0.5) is 0 Å². The van der Waals surface area contributed by atoms with E-state index in [9.17, 15) is 15.3 Å². The largest absolute Gasteiger partial charge is 0.394 e. The Balaban J connectivity index is 2.75. The van der Waals surface area contributed by atoms with Crippen molar-refractivity contribution >= 4 is 0 Å². The van der Waals surface area contributed by atoms with E-state index in [1.54, 1.807) is 0 Å². The fourth-order valence-electron chi connectivity index (χ4n) is 3.89. The van der Waals surface area contributed by atoms with E-state index in [0.717, 1.165) is 24.8 Å². The molecule has 1 aromatic carbocycles. The first-order valence-electron chi connectivity index (χ1n) is 12.4. The van der Waals surface area contributed by atoms with Crippen LogP contribution >= 0.6 is 0 Å². The van der Waals surface area contributed by atoms with Crippen molar-refractivity contribution in [3.8, 4) is 0 Å². The molecule has 1 unspecified atom stereocenters. The van der Waals surface area contributed by atoms with E-state index >= 15 is 0 Å². The second kappa shape index (κ2) is 19.4. The Morgan fingerprint density at radius 2 is 1.09 bits per heavy atom. The van der Waals surface area contributed by atoms with Gasteiger partial charge >= 0.3 is 0 Å². The lowest BCUT2D eigenvalue weighted by molar-refractivity contribution is -1.38. The smallest absolute Gasteiger partial charge is 0.212 e. The Morgan fingerprint density at radius 3 is 1.53 bits per heavy atom. The maximum atomic E-state index is 9.35. The third-order valence-corrected chi connectivity index (χ3v) is 5.48. The van der Waals surface area contributed by atoms with Crippen LogP contribution in [-0.2, 0) is 14.5 Å². The predicted octanol–water partition coefficient (Wildman–Crippen LogP) is 4.63. The molecule has 7 nitrogen and oxygen atoms in total. The first kappa shape index (κ1) is 29.0. The van der Waals surface area contributed by atoms with Gasteiger partial charge in [-0.1, -0.05) is 95.0 Å². The zero-order chi connectivity index (χ0) is 23.3. The van der Waals surface area contributed by atoms with Gasteiger partial charge in [0.25, 0.3) is 0 Å². The van der Waals surface area contributed by atoms with Crippen LogP contribution < -0.4 is 0 Å². The summed E-state index contributed by atoms with van der Waals surface area (Å²) in [5.41, 5.74) is 0.984. The molecule has 0 saturated carbocycles. The SMILES string of the molecule is CCCCCCCCCCCCC(c1ccccc1)[N+](OCCO)(OCCO)OCCO. The number of unbranched alkanes of at least 4 members (excludes halogenated alkanes) is 9. The lowest BCUT2D eigenvalue weighted by Crippen LogP contribution is -2.52. The lowest BCUT2D eigenvalue weighted by Gasteiger charge is -2.35. The summed E-state index contributed by atoms with van der Waals surface area (Å²) < 4.78 is 0. The highest BCUT2D eigenvalue weighted by molar-refractivity contribution is 5.17. The Bertz CT molecular complexity index is 509. The third-order valence-electron chi connectivity index (χ3n) is 5.48. The normalized spacial score (nSPS) is 12.9. The highest BCUT2D eigenvalue weighted by Gasteiger charge is 2.46. The molecule has 0 aliphatic rings. The molecule has 1 atom stereocenters. The molecule has 0 radical (unpaired) electrons. The Kier molecular flexibility index (Phi) is 17.6. The second-order valence-electron chi connectivity index (χ2n) is 8.11. The Labute approximate surface area is 194 Å². The van der Waals surface area contributed by atoms with E-state index in [4.69, 9.17) is 14.5 Å². The summed E-state index contributed by atoms with van der Waals surface area (Å²) in [7, 11) is 0.